The van der Waals surface area contributed by atoms with Crippen LogP contribution in [0.1, 0.15) is 0 Å². The zero-order chi connectivity index (χ0) is 28.0. The third-order valence-corrected chi connectivity index (χ3v) is 8.13. The summed E-state index contributed by atoms with van der Waals surface area (Å²) in [5.41, 5.74) is 5.86. The summed E-state index contributed by atoms with van der Waals surface area (Å²) in [4.78, 5) is 16.3. The molecule has 0 bridgehead atoms. The van der Waals surface area contributed by atoms with E-state index in [4.69, 9.17) is 0 Å². The van der Waals surface area contributed by atoms with Crippen molar-refractivity contribution in [1.29, 1.82) is 0 Å². The van der Waals surface area contributed by atoms with Crippen LogP contribution in [0.3, 0.4) is 0 Å². The van der Waals surface area contributed by atoms with E-state index >= 15 is 0 Å². The Bertz CT molecular complexity index is 2330. The molecule has 0 N–H and O–H groups in total. The van der Waals surface area contributed by atoms with Gasteiger partial charge in [-0.1, -0.05) is 97.1 Å². The number of anilines is 3. The lowest BCUT2D eigenvalue weighted by atomic mass is 10.0. The predicted molar refractivity (Wildman–Crippen MR) is 177 cm³/mol. The van der Waals surface area contributed by atoms with E-state index in [1.54, 1.807) is 0 Å². The van der Waals surface area contributed by atoms with Crippen LogP contribution < -0.4 is 10.3 Å². The highest BCUT2D eigenvalue weighted by Crippen LogP contribution is 2.41. The maximum absolute atomic E-state index is 14.1. The first-order valence-corrected chi connectivity index (χ1v) is 14.2. The first kappa shape index (κ1) is 24.2. The second-order valence-corrected chi connectivity index (χ2v) is 10.6. The van der Waals surface area contributed by atoms with Gasteiger partial charge >= 0.3 is 0 Å². The van der Waals surface area contributed by atoms with Crippen LogP contribution in [0.25, 0.3) is 49.0 Å². The lowest BCUT2D eigenvalue weighted by Gasteiger charge is -2.28. The molecule has 8 rings (SSSR count). The molecule has 1 heterocycles. The fourth-order valence-corrected chi connectivity index (χ4v) is 6.18. The molecular weight excluding hydrogens is 512 g/mol. The van der Waals surface area contributed by atoms with Crippen LogP contribution >= 0.6 is 0 Å². The van der Waals surface area contributed by atoms with Crippen molar-refractivity contribution in [2.75, 3.05) is 4.90 Å². The summed E-state index contributed by atoms with van der Waals surface area (Å²) in [5, 5.41) is 6.05. The molecule has 0 fully saturated rings. The van der Waals surface area contributed by atoms with Gasteiger partial charge in [-0.2, -0.15) is 0 Å². The fraction of sp³-hybridized carbons (Fsp3) is 0. The molecular formula is C39H26N2O. The van der Waals surface area contributed by atoms with Crippen molar-refractivity contribution in [3.05, 3.63) is 168 Å². The number of hydrogen-bond donors (Lipinski definition) is 0. The van der Waals surface area contributed by atoms with Crippen molar-refractivity contribution < 1.29 is 0 Å². The monoisotopic (exact) mass is 538 g/mol. The van der Waals surface area contributed by atoms with Crippen LogP contribution in [0.4, 0.5) is 17.1 Å². The Labute approximate surface area is 243 Å². The van der Waals surface area contributed by atoms with E-state index < -0.39 is 0 Å². The number of rotatable bonds is 4. The Morgan fingerprint density at radius 2 is 1.05 bits per heavy atom. The maximum Gasteiger partial charge on any atom is 0.197 e. The standard InChI is InChI=1S/C39H26N2O/c42-39-34-18-8-9-19-37(34)41(30-15-2-1-3-16-30)38-24-23-32(26-35(38)39)40(31-22-21-27-11-4-5-13-29(27)25-31)36-20-10-14-28-12-6-7-17-33(28)36/h1-26H. The summed E-state index contributed by atoms with van der Waals surface area (Å²) in [6.45, 7) is 0. The van der Waals surface area contributed by atoms with Gasteiger partial charge in [0, 0.05) is 33.2 Å². The van der Waals surface area contributed by atoms with Gasteiger partial charge in [0.15, 0.2) is 5.43 Å². The average Bonchev–Trinajstić information content (AvgIpc) is 3.06. The zero-order valence-electron chi connectivity index (χ0n) is 22.8. The maximum atomic E-state index is 14.1. The van der Waals surface area contributed by atoms with Crippen LogP contribution in [0.15, 0.2) is 163 Å². The first-order chi connectivity index (χ1) is 20.8. The summed E-state index contributed by atoms with van der Waals surface area (Å²) < 4.78 is 2.19. The molecule has 0 spiro atoms. The van der Waals surface area contributed by atoms with E-state index in [-0.39, 0.29) is 5.43 Å². The van der Waals surface area contributed by atoms with E-state index in [1.165, 1.54) is 16.2 Å². The average molecular weight is 539 g/mol. The van der Waals surface area contributed by atoms with Gasteiger partial charge in [-0.3, -0.25) is 4.79 Å². The van der Waals surface area contributed by atoms with Crippen molar-refractivity contribution in [2.45, 2.75) is 0 Å². The van der Waals surface area contributed by atoms with Gasteiger partial charge in [0.25, 0.3) is 0 Å². The number of nitrogens with zero attached hydrogens (tertiary/aromatic N) is 2. The minimum atomic E-state index is 0.0333. The molecule has 1 aromatic heterocycles. The topological polar surface area (TPSA) is 25.2 Å². The Kier molecular flexibility index (Phi) is 5.61. The lowest BCUT2D eigenvalue weighted by molar-refractivity contribution is 1.16. The van der Waals surface area contributed by atoms with Crippen molar-refractivity contribution >= 4 is 60.4 Å². The van der Waals surface area contributed by atoms with Crippen molar-refractivity contribution in [2.24, 2.45) is 0 Å². The second-order valence-electron chi connectivity index (χ2n) is 10.6. The van der Waals surface area contributed by atoms with E-state index in [0.717, 1.165) is 39.2 Å². The zero-order valence-corrected chi connectivity index (χ0v) is 22.8. The predicted octanol–water partition coefficient (Wildman–Crippen LogP) is 9.92. The van der Waals surface area contributed by atoms with Crippen LogP contribution in [-0.2, 0) is 0 Å². The largest absolute Gasteiger partial charge is 0.310 e. The summed E-state index contributed by atoms with van der Waals surface area (Å²) in [5.74, 6) is 0. The first-order valence-electron chi connectivity index (χ1n) is 14.2. The Morgan fingerprint density at radius 1 is 0.429 bits per heavy atom. The van der Waals surface area contributed by atoms with Gasteiger partial charge in [-0.25, -0.2) is 0 Å². The molecule has 0 radical (unpaired) electrons. The molecule has 0 saturated heterocycles. The van der Waals surface area contributed by atoms with Gasteiger partial charge in [0.1, 0.15) is 0 Å². The molecule has 42 heavy (non-hydrogen) atoms. The quantitative estimate of drug-likeness (QED) is 0.208. The highest BCUT2D eigenvalue weighted by atomic mass is 16.1. The van der Waals surface area contributed by atoms with E-state index in [9.17, 15) is 4.79 Å². The van der Waals surface area contributed by atoms with Crippen molar-refractivity contribution in [3.8, 4) is 5.69 Å². The Balaban J connectivity index is 1.44. The Hall–Kier alpha value is -5.67. The number of pyridine rings is 1. The summed E-state index contributed by atoms with van der Waals surface area (Å²) in [6.07, 6.45) is 0. The second kappa shape index (κ2) is 9.76. The minimum Gasteiger partial charge on any atom is -0.310 e. The lowest BCUT2D eigenvalue weighted by Crippen LogP contribution is -2.14. The number of hydrogen-bond acceptors (Lipinski definition) is 2. The molecule has 0 amide bonds. The fourth-order valence-electron chi connectivity index (χ4n) is 6.18. The molecule has 3 nitrogen and oxygen atoms in total. The molecule has 0 aliphatic carbocycles. The molecule has 198 valence electrons. The molecule has 0 saturated carbocycles. The molecule has 7 aromatic carbocycles. The molecule has 0 aliphatic heterocycles. The molecule has 0 atom stereocenters. The highest BCUT2D eigenvalue weighted by Gasteiger charge is 2.19. The molecule has 0 aliphatic rings. The van der Waals surface area contributed by atoms with E-state index in [0.29, 0.717) is 10.8 Å². The van der Waals surface area contributed by atoms with Gasteiger partial charge in [-0.15, -0.1) is 0 Å². The van der Waals surface area contributed by atoms with E-state index in [2.05, 4.69) is 125 Å². The summed E-state index contributed by atoms with van der Waals surface area (Å²) in [7, 11) is 0. The van der Waals surface area contributed by atoms with E-state index in [1.807, 2.05) is 42.5 Å². The number of fused-ring (bicyclic) bond motifs is 4. The number of para-hydroxylation sites is 2. The molecule has 8 aromatic rings. The third-order valence-electron chi connectivity index (χ3n) is 8.13. The Morgan fingerprint density at radius 3 is 1.90 bits per heavy atom. The SMILES string of the molecule is O=c1c2ccccc2n(-c2ccccc2)c2ccc(N(c3ccc4ccccc4c3)c3cccc4ccccc34)cc12. The normalized spacial score (nSPS) is 11.4. The summed E-state index contributed by atoms with van der Waals surface area (Å²) >= 11 is 0. The van der Waals surface area contributed by atoms with Gasteiger partial charge in [0.2, 0.25) is 0 Å². The van der Waals surface area contributed by atoms with Crippen molar-refractivity contribution in [1.82, 2.24) is 4.57 Å². The molecule has 3 heteroatoms. The van der Waals surface area contributed by atoms with Crippen LogP contribution in [0.5, 0.6) is 0 Å². The van der Waals surface area contributed by atoms with Gasteiger partial charge in [-0.05, 0) is 76.8 Å². The van der Waals surface area contributed by atoms with Gasteiger partial charge < -0.3 is 9.47 Å². The number of aromatic nitrogens is 1. The van der Waals surface area contributed by atoms with Gasteiger partial charge in [0.05, 0.1) is 16.7 Å². The van der Waals surface area contributed by atoms with Crippen LogP contribution in [0.2, 0.25) is 0 Å². The summed E-state index contributed by atoms with van der Waals surface area (Å²) in [6, 6.07) is 54.2. The van der Waals surface area contributed by atoms with Crippen LogP contribution in [-0.4, -0.2) is 4.57 Å². The van der Waals surface area contributed by atoms with Crippen LogP contribution in [0, 0.1) is 0 Å². The minimum absolute atomic E-state index is 0.0333. The van der Waals surface area contributed by atoms with Crippen molar-refractivity contribution in [3.63, 3.8) is 0 Å². The smallest absolute Gasteiger partial charge is 0.197 e. The number of benzene rings is 7. The third kappa shape index (κ3) is 3.87. The highest BCUT2D eigenvalue weighted by molar-refractivity contribution is 6.02. The molecule has 0 unspecified atom stereocenters.